The van der Waals surface area contributed by atoms with E-state index in [1.54, 1.807) is 0 Å². The highest BCUT2D eigenvalue weighted by molar-refractivity contribution is 8.30. The Bertz CT molecular complexity index is 2310. The Morgan fingerprint density at radius 1 is 0.396 bits per heavy atom. The van der Waals surface area contributed by atoms with E-state index in [4.69, 9.17) is 28.6 Å². The Balaban J connectivity index is 1.66. The van der Waals surface area contributed by atoms with Crippen LogP contribution in [0.15, 0.2) is 212 Å². The van der Waals surface area contributed by atoms with Gasteiger partial charge in [-0.15, -0.1) is 0 Å². The molecule has 0 saturated heterocycles. The van der Waals surface area contributed by atoms with Crippen molar-refractivity contribution in [1.29, 1.82) is 0 Å². The molecule has 6 aromatic carbocycles. The summed E-state index contributed by atoms with van der Waals surface area (Å²) in [4.78, 5) is 5.01. The van der Waals surface area contributed by atoms with Crippen LogP contribution in [0, 0.1) is 0 Å². The van der Waals surface area contributed by atoms with Gasteiger partial charge in [-0.25, -0.2) is 0 Å². The lowest BCUT2D eigenvalue weighted by atomic mass is 10.0. The molecule has 6 heteroatoms. The highest BCUT2D eigenvalue weighted by Crippen LogP contribution is 2.59. The summed E-state index contributed by atoms with van der Waals surface area (Å²) >= 11 is 14.7. The van der Waals surface area contributed by atoms with Crippen LogP contribution in [0.5, 0.6) is 0 Å². The molecule has 8 aromatic rings. The molecule has 0 aliphatic carbocycles. The fourth-order valence-corrected chi connectivity index (χ4v) is 23.3. The zero-order chi connectivity index (χ0) is 36.1. The summed E-state index contributed by atoms with van der Waals surface area (Å²) in [6.07, 6.45) is 2.64. The van der Waals surface area contributed by atoms with E-state index in [9.17, 15) is 0 Å². The molecule has 1 nitrogen and oxygen atoms in total. The highest BCUT2D eigenvalue weighted by Gasteiger charge is 2.45. The van der Waals surface area contributed by atoms with Gasteiger partial charge in [-0.3, -0.25) is 4.98 Å². The van der Waals surface area contributed by atoms with Gasteiger partial charge in [0.15, 0.2) is 23.8 Å². The predicted octanol–water partition coefficient (Wildman–Crippen LogP) is 10.2. The smallest absolute Gasteiger partial charge is 0.173 e. The standard InChI is InChI=1S/C47H37NP3S2/c52-50(40-26-11-3-12-27-40,41-28-13-4-14-29-41)46-44(37-21-7-1-8-22-37)35-45(38-23-9-2-10-24-38)47(49(46)36-39-25-19-20-34-48-39)51(53,42-30-15-5-16-31-42)43-32-17-6-18-33-43/h1-35H,36H2/q+1. The fourth-order valence-electron chi connectivity index (χ4n) is 7.15. The Kier molecular flexibility index (Phi) is 10.6. The molecular weight excluding hydrogens is 736 g/mol. The zero-order valence-electron chi connectivity index (χ0n) is 29.0. The third kappa shape index (κ3) is 6.86. The molecule has 53 heavy (non-hydrogen) atoms. The van der Waals surface area contributed by atoms with Gasteiger partial charge in [0.1, 0.15) is 0 Å². The lowest BCUT2D eigenvalue weighted by molar-refractivity contribution is 1.17. The average Bonchev–Trinajstić information content (AvgIpc) is 3.25. The van der Waals surface area contributed by atoms with Gasteiger partial charge in [0.05, 0.1) is 17.8 Å². The number of rotatable bonds is 10. The van der Waals surface area contributed by atoms with Crippen molar-refractivity contribution in [1.82, 2.24) is 4.98 Å². The molecule has 0 aliphatic heterocycles. The van der Waals surface area contributed by atoms with E-state index in [0.29, 0.717) is 0 Å². The number of pyridine rings is 1. The van der Waals surface area contributed by atoms with E-state index in [1.807, 2.05) is 12.3 Å². The first-order valence-electron chi connectivity index (χ1n) is 17.6. The van der Waals surface area contributed by atoms with Crippen molar-refractivity contribution in [3.05, 3.63) is 218 Å². The second-order valence-electron chi connectivity index (χ2n) is 12.8. The van der Waals surface area contributed by atoms with E-state index in [-0.39, 0.29) is 0 Å². The Hall–Kier alpha value is -4.58. The van der Waals surface area contributed by atoms with Gasteiger partial charge >= 0.3 is 0 Å². The summed E-state index contributed by atoms with van der Waals surface area (Å²) in [6.45, 7) is 0. The quantitative estimate of drug-likeness (QED) is 0.129. The number of hydrogen-bond donors (Lipinski definition) is 0. The topological polar surface area (TPSA) is 12.9 Å². The molecule has 256 valence electrons. The van der Waals surface area contributed by atoms with E-state index in [1.165, 1.54) is 42.4 Å². The summed E-state index contributed by atoms with van der Waals surface area (Å²) in [7, 11) is -1.22. The molecule has 2 aromatic heterocycles. The molecule has 0 atom stereocenters. The van der Waals surface area contributed by atoms with Crippen LogP contribution in [-0.4, -0.2) is 4.98 Å². The second-order valence-corrected chi connectivity index (χ2v) is 24.3. The molecule has 0 fully saturated rings. The van der Waals surface area contributed by atoms with Crippen molar-refractivity contribution in [2.45, 2.75) is 6.16 Å². The first-order chi connectivity index (χ1) is 26.1. The molecule has 2 heterocycles. The van der Waals surface area contributed by atoms with Gasteiger partial charge in [-0.05, 0) is 50.5 Å². The van der Waals surface area contributed by atoms with Gasteiger partial charge in [0.2, 0.25) is 0 Å². The average molecular weight is 773 g/mol. The number of benzene rings is 6. The Morgan fingerprint density at radius 2 is 0.717 bits per heavy atom. The predicted molar refractivity (Wildman–Crippen MR) is 240 cm³/mol. The summed E-state index contributed by atoms with van der Waals surface area (Å²) in [6, 6.07) is 68.5. The fraction of sp³-hybridized carbons (Fsp3) is 0.0213. The first kappa shape index (κ1) is 35.4. The van der Waals surface area contributed by atoms with Crippen LogP contribution < -0.4 is 31.3 Å². The van der Waals surface area contributed by atoms with Crippen molar-refractivity contribution in [2.75, 3.05) is 0 Å². The van der Waals surface area contributed by atoms with Gasteiger partial charge in [0, 0.05) is 17.3 Å². The number of nitrogens with zero attached hydrogens (tertiary/aromatic N) is 1. The van der Waals surface area contributed by atoms with E-state index < -0.39 is 19.6 Å². The summed E-state index contributed by atoms with van der Waals surface area (Å²) < 4.78 is 0. The van der Waals surface area contributed by atoms with Crippen molar-refractivity contribution >= 4 is 74.5 Å². The van der Waals surface area contributed by atoms with Crippen LogP contribution in [0.4, 0.5) is 0 Å². The maximum absolute atomic E-state index is 7.37. The third-order valence-electron chi connectivity index (χ3n) is 9.57. The maximum Gasteiger partial charge on any atom is 0.173 e. The maximum atomic E-state index is 7.37. The molecule has 0 amide bonds. The lowest BCUT2D eigenvalue weighted by Gasteiger charge is -2.29. The monoisotopic (exact) mass is 772 g/mol. The van der Waals surface area contributed by atoms with Crippen molar-refractivity contribution in [2.24, 2.45) is 0 Å². The molecular formula is C47H37NP3S2+. The Morgan fingerprint density at radius 3 is 1.04 bits per heavy atom. The number of aromatic nitrogens is 1. The highest BCUT2D eigenvalue weighted by atomic mass is 32.4. The van der Waals surface area contributed by atoms with Crippen molar-refractivity contribution in [3.8, 4) is 22.3 Å². The number of hydrogen-bond acceptors (Lipinski definition) is 3. The van der Waals surface area contributed by atoms with Crippen LogP contribution >= 0.6 is 19.6 Å². The third-order valence-corrected chi connectivity index (χ3v) is 25.2. The van der Waals surface area contributed by atoms with Gasteiger partial charge in [-0.2, -0.15) is 0 Å². The normalized spacial score (nSPS) is 11.6. The van der Waals surface area contributed by atoms with E-state index in [0.717, 1.165) is 23.0 Å². The van der Waals surface area contributed by atoms with Crippen LogP contribution in [0.1, 0.15) is 5.69 Å². The molecule has 0 saturated carbocycles. The molecule has 0 aliphatic rings. The minimum atomic E-state index is -2.70. The van der Waals surface area contributed by atoms with Crippen LogP contribution in [0.25, 0.3) is 22.3 Å². The first-order valence-corrected chi connectivity index (χ1v) is 24.8. The van der Waals surface area contributed by atoms with Gasteiger partial charge in [-0.1, -0.05) is 212 Å². The lowest BCUT2D eigenvalue weighted by Crippen LogP contribution is -2.31. The van der Waals surface area contributed by atoms with Gasteiger partial charge < -0.3 is 0 Å². The zero-order valence-corrected chi connectivity index (χ0v) is 33.3. The van der Waals surface area contributed by atoms with Crippen LogP contribution in [0.2, 0.25) is 0 Å². The van der Waals surface area contributed by atoms with Crippen LogP contribution in [0.3, 0.4) is 0 Å². The summed E-state index contributed by atoms with van der Waals surface area (Å²) in [5.74, 6) is 0. The minimum absolute atomic E-state index is 0.720. The summed E-state index contributed by atoms with van der Waals surface area (Å²) in [5.41, 5.74) is 5.78. The molecule has 0 radical (unpaired) electrons. The van der Waals surface area contributed by atoms with Crippen LogP contribution in [-0.2, 0) is 29.8 Å². The summed E-state index contributed by atoms with van der Waals surface area (Å²) in [5, 5.41) is 7.38. The van der Waals surface area contributed by atoms with E-state index >= 15 is 0 Å². The molecule has 0 unspecified atom stereocenters. The van der Waals surface area contributed by atoms with E-state index in [2.05, 4.69) is 200 Å². The van der Waals surface area contributed by atoms with Crippen molar-refractivity contribution in [3.63, 3.8) is 0 Å². The molecule has 0 bridgehead atoms. The minimum Gasteiger partial charge on any atom is -0.257 e. The molecule has 8 rings (SSSR count). The molecule has 0 spiro atoms. The van der Waals surface area contributed by atoms with Crippen molar-refractivity contribution < 1.29 is 0 Å². The Labute approximate surface area is 324 Å². The second kappa shape index (κ2) is 15.8. The van der Waals surface area contributed by atoms with Gasteiger partial charge in [0.25, 0.3) is 0 Å². The molecule has 0 N–H and O–H groups in total. The SMILES string of the molecule is S=P(c1ccccc1)(c1ccccc1)c1c(-c2ccccc2)cc(-c2ccccc2)c(P(=S)(c2ccccc2)c2ccccc2)[p+]1Cc1ccccn1. The largest absolute Gasteiger partial charge is 0.257 e.